The van der Waals surface area contributed by atoms with Crippen molar-refractivity contribution in [1.29, 1.82) is 0 Å². The van der Waals surface area contributed by atoms with Gasteiger partial charge in [0.05, 0.1) is 10.6 Å². The van der Waals surface area contributed by atoms with Gasteiger partial charge in [-0.2, -0.15) is 23.1 Å². The van der Waals surface area contributed by atoms with E-state index >= 15 is 0 Å². The smallest absolute Gasteiger partial charge is 0.429 e. The fourth-order valence-corrected chi connectivity index (χ4v) is 7.75. The number of nitrogens with zero attached hydrogens (tertiary/aromatic N) is 3. The van der Waals surface area contributed by atoms with Gasteiger partial charge >= 0.3 is 12.1 Å². The fourth-order valence-electron chi connectivity index (χ4n) is 6.08. The van der Waals surface area contributed by atoms with Gasteiger partial charge in [0.15, 0.2) is 9.84 Å². The maximum Gasteiger partial charge on any atom is 0.429 e. The van der Waals surface area contributed by atoms with Crippen LogP contribution in [0.4, 0.5) is 24.9 Å². The number of unbranched alkanes of at least 4 members (excludes halogenated alkanes) is 1. The summed E-state index contributed by atoms with van der Waals surface area (Å²) in [6, 6.07) is 10.3. The Morgan fingerprint density at radius 2 is 1.93 bits per heavy atom. The number of benzene rings is 2. The van der Waals surface area contributed by atoms with Crippen LogP contribution in [0.25, 0.3) is 11.1 Å². The quantitative estimate of drug-likeness (QED) is 0.245. The Kier molecular flexibility index (Phi) is 9.71. The van der Waals surface area contributed by atoms with Crippen LogP contribution in [0.15, 0.2) is 53.4 Å². The average Bonchev–Trinajstić information content (AvgIpc) is 3.42. The summed E-state index contributed by atoms with van der Waals surface area (Å²) in [7, 11) is -3.66. The van der Waals surface area contributed by atoms with Gasteiger partial charge in [0.25, 0.3) is 0 Å². The number of anilines is 2. The van der Waals surface area contributed by atoms with Crippen molar-refractivity contribution in [3.8, 4) is 17.0 Å². The Balaban J connectivity index is 1.44. The second-order valence-corrected chi connectivity index (χ2v) is 14.4. The maximum atomic E-state index is 14.7. The molecule has 10 nitrogen and oxygen atoms in total. The number of carboxylic acid groups (broad SMARTS) is 1. The Morgan fingerprint density at radius 1 is 1.20 bits per heavy atom. The van der Waals surface area contributed by atoms with E-state index in [9.17, 15) is 31.5 Å². The second kappa shape index (κ2) is 13.2. The van der Waals surface area contributed by atoms with E-state index in [-0.39, 0.29) is 43.7 Å². The van der Waals surface area contributed by atoms with E-state index in [1.165, 1.54) is 48.5 Å². The molecule has 1 aromatic heterocycles. The first-order valence-corrected chi connectivity index (χ1v) is 16.9. The van der Waals surface area contributed by atoms with Crippen molar-refractivity contribution >= 4 is 39.2 Å². The van der Waals surface area contributed by atoms with E-state index in [0.717, 1.165) is 0 Å². The molecule has 0 amide bonds. The maximum absolute atomic E-state index is 14.7. The van der Waals surface area contributed by atoms with Gasteiger partial charge < -0.3 is 25.8 Å². The van der Waals surface area contributed by atoms with Gasteiger partial charge in [-0.1, -0.05) is 43.1 Å². The van der Waals surface area contributed by atoms with E-state index in [2.05, 4.69) is 15.3 Å². The van der Waals surface area contributed by atoms with E-state index in [0.29, 0.717) is 57.6 Å². The highest BCUT2D eigenvalue weighted by Gasteiger charge is 2.46. The van der Waals surface area contributed by atoms with Crippen LogP contribution in [0.5, 0.6) is 5.88 Å². The van der Waals surface area contributed by atoms with Crippen LogP contribution in [0, 0.1) is 5.41 Å². The fraction of sp³-hybridized carbons (Fsp3) is 0.452. The van der Waals surface area contributed by atoms with Crippen molar-refractivity contribution < 1.29 is 36.2 Å². The topological polar surface area (TPSA) is 148 Å². The molecule has 3 heterocycles. The number of aliphatic carboxylic acids is 1. The third-order valence-electron chi connectivity index (χ3n) is 8.62. The van der Waals surface area contributed by atoms with Crippen LogP contribution in [0.1, 0.15) is 50.7 Å². The van der Waals surface area contributed by atoms with Crippen molar-refractivity contribution in [3.63, 3.8) is 0 Å². The third-order valence-corrected chi connectivity index (χ3v) is 10.7. The van der Waals surface area contributed by atoms with Gasteiger partial charge in [-0.3, -0.25) is 4.79 Å². The summed E-state index contributed by atoms with van der Waals surface area (Å²) in [5.74, 6) is -1.35. The highest BCUT2D eigenvalue weighted by atomic mass is 35.5. The average molecular weight is 682 g/mol. The van der Waals surface area contributed by atoms with Crippen molar-refractivity contribution in [2.75, 3.05) is 36.0 Å². The number of rotatable bonds is 10. The molecule has 248 valence electrons. The van der Waals surface area contributed by atoms with Gasteiger partial charge in [0.2, 0.25) is 17.9 Å². The molecule has 0 saturated carbocycles. The molecule has 4 N–H and O–H groups in total. The molecule has 46 heavy (non-hydrogen) atoms. The minimum atomic E-state index is -4.92. The summed E-state index contributed by atoms with van der Waals surface area (Å²) in [6.45, 7) is 3.42. The molecule has 0 bridgehead atoms. The van der Waals surface area contributed by atoms with Crippen LogP contribution in [-0.2, 0) is 14.6 Å². The predicted molar refractivity (Wildman–Crippen MR) is 168 cm³/mol. The first kappa shape index (κ1) is 33.7. The molecule has 2 aromatic carbocycles. The number of piperidine rings is 1. The lowest BCUT2D eigenvalue weighted by molar-refractivity contribution is -0.198. The molecule has 2 aliphatic heterocycles. The van der Waals surface area contributed by atoms with Gasteiger partial charge in [-0.15, -0.1) is 0 Å². The Bertz CT molecular complexity index is 1700. The molecule has 1 unspecified atom stereocenters. The number of nitrogens with two attached hydrogens (primary N) is 1. The summed E-state index contributed by atoms with van der Waals surface area (Å²) in [6.07, 6.45) is -4.48. The second-order valence-electron chi connectivity index (χ2n) is 11.9. The lowest BCUT2D eigenvalue weighted by atomic mass is 9.76. The van der Waals surface area contributed by atoms with Gasteiger partial charge in [-0.25, -0.2) is 8.42 Å². The SMILES string of the molecule is CCCCS(=O)(=O)c1cccc(-c2cc(Cl)ccc2C(Oc2cc(N3CCC4(CC3)CN[C@H](C(=O)O)C4)nc(N)n2)C(F)(F)F)c1. The van der Waals surface area contributed by atoms with E-state index < -0.39 is 40.0 Å². The van der Waals surface area contributed by atoms with Crippen LogP contribution in [0.2, 0.25) is 5.02 Å². The zero-order chi connectivity index (χ0) is 33.3. The minimum absolute atomic E-state index is 0.00255. The third kappa shape index (κ3) is 7.50. The zero-order valence-corrected chi connectivity index (χ0v) is 26.6. The normalized spacial score (nSPS) is 18.9. The predicted octanol–water partition coefficient (Wildman–Crippen LogP) is 5.67. The molecule has 5 rings (SSSR count). The Morgan fingerprint density at radius 3 is 2.59 bits per heavy atom. The standard InChI is InChI=1S/C31H35ClF3N5O5S/c1-2-3-13-46(43,44)21-6-4-5-19(14-21)23-15-20(32)7-8-22(23)27(31(33,34)35)45-26-16-25(38-29(36)39-26)40-11-9-30(10-12-40)17-24(28(41)42)37-18-30/h4-8,14-16,24,27,37H,2-3,9-13,17-18H2,1H3,(H,41,42)(H2,36,38,39)/t24-,27?/m0/s1. The summed E-state index contributed by atoms with van der Waals surface area (Å²) < 4.78 is 75.5. The summed E-state index contributed by atoms with van der Waals surface area (Å²) in [5, 5.41) is 12.6. The monoisotopic (exact) mass is 681 g/mol. The highest BCUT2D eigenvalue weighted by molar-refractivity contribution is 7.91. The number of nitrogens with one attached hydrogen (secondary N) is 1. The lowest BCUT2D eigenvalue weighted by Gasteiger charge is -2.39. The Labute approximate surface area is 270 Å². The van der Waals surface area contributed by atoms with Crippen LogP contribution in [0.3, 0.4) is 0 Å². The number of sulfone groups is 1. The van der Waals surface area contributed by atoms with Crippen LogP contribution in [-0.4, -0.2) is 67.1 Å². The molecular weight excluding hydrogens is 647 g/mol. The molecule has 1 spiro atoms. The highest BCUT2D eigenvalue weighted by Crippen LogP contribution is 2.43. The first-order valence-electron chi connectivity index (χ1n) is 14.9. The summed E-state index contributed by atoms with van der Waals surface area (Å²) >= 11 is 6.22. The van der Waals surface area contributed by atoms with Gasteiger partial charge in [0, 0.05) is 36.3 Å². The number of carboxylic acids is 1. The number of alkyl halides is 3. The zero-order valence-electron chi connectivity index (χ0n) is 25.1. The molecule has 2 atom stereocenters. The van der Waals surface area contributed by atoms with Gasteiger partial charge in [0.1, 0.15) is 11.9 Å². The Hall–Kier alpha value is -3.62. The van der Waals surface area contributed by atoms with Crippen molar-refractivity contribution in [3.05, 3.63) is 59.1 Å². The van der Waals surface area contributed by atoms with Crippen molar-refractivity contribution in [2.24, 2.45) is 5.41 Å². The number of carbonyl (C=O) groups is 1. The molecule has 2 saturated heterocycles. The molecule has 3 aromatic rings. The molecular formula is C31H35ClF3N5O5S. The van der Waals surface area contributed by atoms with E-state index in [1.807, 2.05) is 11.8 Å². The largest absolute Gasteiger partial charge is 0.480 e. The molecule has 0 radical (unpaired) electrons. The molecule has 2 fully saturated rings. The van der Waals surface area contributed by atoms with Crippen LogP contribution >= 0.6 is 11.6 Å². The number of ether oxygens (including phenoxy) is 1. The molecule has 15 heteroatoms. The first-order chi connectivity index (χ1) is 21.7. The number of halogens is 4. The van der Waals surface area contributed by atoms with Crippen molar-refractivity contribution in [1.82, 2.24) is 15.3 Å². The number of hydrogen-bond donors (Lipinski definition) is 3. The van der Waals surface area contributed by atoms with Gasteiger partial charge in [-0.05, 0) is 66.5 Å². The van der Waals surface area contributed by atoms with E-state index in [1.54, 1.807) is 0 Å². The number of aromatic nitrogens is 2. The molecule has 2 aliphatic rings. The summed E-state index contributed by atoms with van der Waals surface area (Å²) in [4.78, 5) is 21.5. The number of hydrogen-bond acceptors (Lipinski definition) is 9. The summed E-state index contributed by atoms with van der Waals surface area (Å²) in [5.41, 5.74) is 5.73. The molecule has 0 aliphatic carbocycles. The van der Waals surface area contributed by atoms with Crippen LogP contribution < -0.4 is 20.7 Å². The van der Waals surface area contributed by atoms with E-state index in [4.69, 9.17) is 22.1 Å². The lowest BCUT2D eigenvalue weighted by Crippen LogP contribution is -2.41. The number of nitrogen functional groups attached to an aromatic ring is 1. The minimum Gasteiger partial charge on any atom is -0.480 e. The van der Waals surface area contributed by atoms with Crippen molar-refractivity contribution in [2.45, 2.75) is 62.2 Å².